The maximum Gasteiger partial charge on any atom is 0.0551 e. The number of rotatable bonds is 0. The average molecular weight is 152 g/mol. The van der Waals surface area contributed by atoms with E-state index < -0.39 is 0 Å². The molecule has 2 nitrogen and oxygen atoms in total. The van der Waals surface area contributed by atoms with Crippen LogP contribution < -0.4 is 5.73 Å². The van der Waals surface area contributed by atoms with E-state index >= 15 is 0 Å². The van der Waals surface area contributed by atoms with Gasteiger partial charge in [-0.2, -0.15) is 0 Å². The minimum absolute atomic E-state index is 0.341. The van der Waals surface area contributed by atoms with E-state index in [1.54, 1.807) is 0 Å². The smallest absolute Gasteiger partial charge is 0.0551 e. The topological polar surface area (TPSA) is 29.3 Å². The van der Waals surface area contributed by atoms with Crippen molar-refractivity contribution in [3.05, 3.63) is 12.3 Å². The summed E-state index contributed by atoms with van der Waals surface area (Å²) in [5.74, 6) is 0.550. The first kappa shape index (κ1) is 7.17. The molecule has 1 heterocycles. The van der Waals surface area contributed by atoms with Gasteiger partial charge in [0.05, 0.1) is 5.54 Å². The van der Waals surface area contributed by atoms with E-state index in [1.165, 1.54) is 12.8 Å². The van der Waals surface area contributed by atoms with Gasteiger partial charge in [0.25, 0.3) is 0 Å². The maximum atomic E-state index is 6.12. The van der Waals surface area contributed by atoms with Gasteiger partial charge in [-0.1, -0.05) is 13.0 Å². The molecule has 1 aliphatic carbocycles. The van der Waals surface area contributed by atoms with Crippen molar-refractivity contribution < 1.29 is 0 Å². The predicted octanol–water partition coefficient (Wildman–Crippen LogP) is 0.942. The molecule has 1 saturated carbocycles. The van der Waals surface area contributed by atoms with Crippen LogP contribution in [0, 0.1) is 5.92 Å². The Kier molecular flexibility index (Phi) is 1.31. The highest BCUT2D eigenvalue weighted by molar-refractivity contribution is 5.19. The second kappa shape index (κ2) is 2.01. The fourth-order valence-electron chi connectivity index (χ4n) is 2.07. The van der Waals surface area contributed by atoms with Crippen molar-refractivity contribution >= 4 is 0 Å². The molecule has 0 aromatic heterocycles. The summed E-state index contributed by atoms with van der Waals surface area (Å²) in [6, 6.07) is 0.345. The van der Waals surface area contributed by atoms with Gasteiger partial charge in [-0.3, -0.25) is 0 Å². The number of hydrogen-bond acceptors (Lipinski definition) is 2. The normalized spacial score (nSPS) is 39.7. The number of nitrogens with two attached hydrogens (primary N) is 1. The molecule has 11 heavy (non-hydrogen) atoms. The molecule has 2 N–H and O–H groups in total. The molecular formula is C9H16N2. The highest BCUT2D eigenvalue weighted by Gasteiger charge is 2.53. The van der Waals surface area contributed by atoms with Gasteiger partial charge in [0, 0.05) is 13.1 Å². The summed E-state index contributed by atoms with van der Waals surface area (Å²) in [6.45, 7) is 2.20. The second-order valence-corrected chi connectivity index (χ2v) is 3.94. The van der Waals surface area contributed by atoms with Crippen LogP contribution in [0.2, 0.25) is 0 Å². The highest BCUT2D eigenvalue weighted by atomic mass is 15.2. The van der Waals surface area contributed by atoms with Crippen LogP contribution in [0.25, 0.3) is 0 Å². The lowest BCUT2D eigenvalue weighted by Gasteiger charge is -2.38. The van der Waals surface area contributed by atoms with Crippen molar-refractivity contribution in [2.45, 2.75) is 31.3 Å². The first-order valence-electron chi connectivity index (χ1n) is 4.34. The van der Waals surface area contributed by atoms with Crippen molar-refractivity contribution in [1.82, 2.24) is 4.90 Å². The SMILES string of the molecule is CC1C=CN(C)C2(CC2)[C@@H]1N. The average Bonchev–Trinajstić information content (AvgIpc) is 2.76. The number of hydrogen-bond donors (Lipinski definition) is 1. The van der Waals surface area contributed by atoms with E-state index in [1.807, 2.05) is 0 Å². The summed E-state index contributed by atoms with van der Waals surface area (Å²) < 4.78 is 0. The van der Waals surface area contributed by atoms with Crippen LogP contribution in [-0.2, 0) is 0 Å². The summed E-state index contributed by atoms with van der Waals surface area (Å²) in [4.78, 5) is 2.29. The first-order chi connectivity index (χ1) is 5.17. The summed E-state index contributed by atoms with van der Waals surface area (Å²) >= 11 is 0. The van der Waals surface area contributed by atoms with Crippen LogP contribution in [-0.4, -0.2) is 23.5 Å². The van der Waals surface area contributed by atoms with Gasteiger partial charge in [0.15, 0.2) is 0 Å². The van der Waals surface area contributed by atoms with Gasteiger partial charge in [-0.15, -0.1) is 0 Å². The molecule has 1 aliphatic heterocycles. The molecule has 1 spiro atoms. The monoisotopic (exact) mass is 152 g/mol. The van der Waals surface area contributed by atoms with E-state index in [2.05, 4.69) is 31.1 Å². The van der Waals surface area contributed by atoms with Crippen LogP contribution in [0.1, 0.15) is 19.8 Å². The minimum atomic E-state index is 0.341. The van der Waals surface area contributed by atoms with Crippen molar-refractivity contribution in [1.29, 1.82) is 0 Å². The van der Waals surface area contributed by atoms with E-state index in [9.17, 15) is 0 Å². The van der Waals surface area contributed by atoms with E-state index in [0.29, 0.717) is 17.5 Å². The standard InChI is InChI=1S/C9H16N2/c1-7-3-6-11(2)9(4-5-9)8(7)10/h3,6-8H,4-5,10H2,1-2H3/t7?,8-/m1/s1. The molecule has 0 bridgehead atoms. The molecule has 0 saturated heterocycles. The van der Waals surface area contributed by atoms with Gasteiger partial charge >= 0.3 is 0 Å². The van der Waals surface area contributed by atoms with Crippen molar-refractivity contribution in [3.8, 4) is 0 Å². The molecule has 2 aliphatic rings. The summed E-state index contributed by atoms with van der Waals surface area (Å²) in [5, 5.41) is 0. The summed E-state index contributed by atoms with van der Waals surface area (Å²) in [5.41, 5.74) is 6.46. The molecule has 2 atom stereocenters. The van der Waals surface area contributed by atoms with Gasteiger partial charge < -0.3 is 10.6 Å². The lowest BCUT2D eigenvalue weighted by Crippen LogP contribution is -2.51. The Morgan fingerprint density at radius 2 is 2.18 bits per heavy atom. The third-order valence-electron chi connectivity index (χ3n) is 3.26. The van der Waals surface area contributed by atoms with Crippen molar-refractivity contribution in [3.63, 3.8) is 0 Å². The first-order valence-corrected chi connectivity index (χ1v) is 4.34. The molecule has 1 unspecified atom stereocenters. The van der Waals surface area contributed by atoms with Crippen molar-refractivity contribution in [2.75, 3.05) is 7.05 Å². The summed E-state index contributed by atoms with van der Waals surface area (Å²) in [7, 11) is 2.13. The number of nitrogens with zero attached hydrogens (tertiary/aromatic N) is 1. The second-order valence-electron chi connectivity index (χ2n) is 3.94. The van der Waals surface area contributed by atoms with Crippen LogP contribution in [0.3, 0.4) is 0 Å². The quantitative estimate of drug-likeness (QED) is 0.560. The molecule has 0 amide bonds. The zero-order valence-corrected chi connectivity index (χ0v) is 7.25. The highest BCUT2D eigenvalue weighted by Crippen LogP contribution is 2.47. The Bertz CT molecular complexity index is 194. The van der Waals surface area contributed by atoms with Crippen molar-refractivity contribution in [2.24, 2.45) is 11.7 Å². The van der Waals surface area contributed by atoms with Gasteiger partial charge in [-0.05, 0) is 25.0 Å². The Balaban J connectivity index is 2.26. The van der Waals surface area contributed by atoms with Crippen LogP contribution in [0.5, 0.6) is 0 Å². The molecule has 1 fully saturated rings. The fraction of sp³-hybridized carbons (Fsp3) is 0.778. The van der Waals surface area contributed by atoms with Crippen LogP contribution >= 0.6 is 0 Å². The van der Waals surface area contributed by atoms with Crippen LogP contribution in [0.15, 0.2) is 12.3 Å². The molecule has 2 rings (SSSR count). The minimum Gasteiger partial charge on any atom is -0.373 e. The van der Waals surface area contributed by atoms with E-state index in [0.717, 1.165) is 0 Å². The Morgan fingerprint density at radius 1 is 1.55 bits per heavy atom. The lowest BCUT2D eigenvalue weighted by atomic mass is 9.90. The predicted molar refractivity (Wildman–Crippen MR) is 46.0 cm³/mol. The third kappa shape index (κ3) is 0.822. The number of likely N-dealkylation sites (N-methyl/N-ethyl adjacent to an activating group) is 1. The molecule has 62 valence electrons. The summed E-state index contributed by atoms with van der Waals surface area (Å²) in [6.07, 6.45) is 6.94. The van der Waals surface area contributed by atoms with Gasteiger partial charge in [0.1, 0.15) is 0 Å². The Hall–Kier alpha value is -0.500. The Labute approximate surface area is 68.1 Å². The Morgan fingerprint density at radius 3 is 2.64 bits per heavy atom. The lowest BCUT2D eigenvalue weighted by molar-refractivity contribution is 0.212. The van der Waals surface area contributed by atoms with E-state index in [4.69, 9.17) is 5.73 Å². The third-order valence-corrected chi connectivity index (χ3v) is 3.26. The zero-order valence-electron chi connectivity index (χ0n) is 7.25. The fourth-order valence-corrected chi connectivity index (χ4v) is 2.07. The molecule has 0 radical (unpaired) electrons. The molecule has 0 aromatic rings. The van der Waals surface area contributed by atoms with E-state index in [-0.39, 0.29) is 0 Å². The maximum absolute atomic E-state index is 6.12. The van der Waals surface area contributed by atoms with Gasteiger partial charge in [0.2, 0.25) is 0 Å². The van der Waals surface area contributed by atoms with Crippen LogP contribution in [0.4, 0.5) is 0 Å². The molecular weight excluding hydrogens is 136 g/mol. The molecule has 2 heteroatoms. The molecule has 0 aromatic carbocycles. The largest absolute Gasteiger partial charge is 0.373 e. The zero-order chi connectivity index (χ0) is 8.06. The van der Waals surface area contributed by atoms with Gasteiger partial charge in [-0.25, -0.2) is 0 Å².